The smallest absolute Gasteiger partial charge is 0.274 e. The molecule has 1 aromatic carbocycles. The largest absolute Gasteiger partial charge is 0.469 e. The van der Waals surface area contributed by atoms with Crippen LogP contribution in [0.15, 0.2) is 46.1 Å². The predicted molar refractivity (Wildman–Crippen MR) is 74.3 cm³/mol. The Morgan fingerprint density at radius 2 is 1.84 bits per heavy atom. The average Bonchev–Trinajstić information content (AvgIpc) is 2.83. The van der Waals surface area contributed by atoms with E-state index in [9.17, 15) is 4.79 Å². The van der Waals surface area contributed by atoms with E-state index in [0.29, 0.717) is 11.3 Å². The third kappa shape index (κ3) is 3.10. The highest BCUT2D eigenvalue weighted by atomic mass is 16.3. The number of nitrogens with one attached hydrogen (secondary N) is 1. The molecule has 0 fully saturated rings. The molecule has 19 heavy (non-hydrogen) atoms. The Balaban J connectivity index is 2.08. The van der Waals surface area contributed by atoms with Crippen LogP contribution in [-0.4, -0.2) is 11.6 Å². The van der Waals surface area contributed by atoms with Crippen LogP contribution in [0.2, 0.25) is 0 Å². The van der Waals surface area contributed by atoms with Gasteiger partial charge >= 0.3 is 0 Å². The number of rotatable bonds is 3. The summed E-state index contributed by atoms with van der Waals surface area (Å²) >= 11 is 0. The highest BCUT2D eigenvalue weighted by Crippen LogP contribution is 2.08. The summed E-state index contributed by atoms with van der Waals surface area (Å²) in [4.78, 5) is 11.8. The Bertz CT molecular complexity index is 609. The molecule has 0 atom stereocenters. The van der Waals surface area contributed by atoms with Crippen molar-refractivity contribution in [3.63, 3.8) is 0 Å². The average molecular weight is 256 g/mol. The molecule has 0 aliphatic heterocycles. The Kier molecular flexibility index (Phi) is 3.80. The van der Waals surface area contributed by atoms with E-state index in [4.69, 9.17) is 4.42 Å². The van der Waals surface area contributed by atoms with Gasteiger partial charge in [-0.05, 0) is 32.4 Å². The summed E-state index contributed by atoms with van der Waals surface area (Å²) in [7, 11) is 0. The predicted octanol–water partition coefficient (Wildman–Crippen LogP) is 3.05. The van der Waals surface area contributed by atoms with Crippen molar-refractivity contribution in [2.75, 3.05) is 0 Å². The molecule has 0 unspecified atom stereocenters. The SMILES string of the molecule is C/C(=N\NC(=O)c1ccoc1C)c1ccc(C)cc1. The lowest BCUT2D eigenvalue weighted by atomic mass is 10.1. The number of hydrogen-bond donors (Lipinski definition) is 1. The number of hydrazone groups is 1. The molecular formula is C15H16N2O2. The monoisotopic (exact) mass is 256 g/mol. The van der Waals surface area contributed by atoms with E-state index < -0.39 is 0 Å². The zero-order valence-electron chi connectivity index (χ0n) is 11.2. The van der Waals surface area contributed by atoms with Gasteiger partial charge in [0.2, 0.25) is 0 Å². The lowest BCUT2D eigenvalue weighted by molar-refractivity contribution is 0.0953. The number of amides is 1. The molecule has 0 radical (unpaired) electrons. The first-order valence-electron chi connectivity index (χ1n) is 6.03. The van der Waals surface area contributed by atoms with Gasteiger partial charge in [0, 0.05) is 0 Å². The molecule has 1 N–H and O–H groups in total. The van der Waals surface area contributed by atoms with Crippen LogP contribution in [-0.2, 0) is 0 Å². The lowest BCUT2D eigenvalue weighted by Crippen LogP contribution is -2.19. The van der Waals surface area contributed by atoms with Gasteiger partial charge in [-0.15, -0.1) is 0 Å². The van der Waals surface area contributed by atoms with Gasteiger partial charge in [-0.3, -0.25) is 4.79 Å². The molecule has 1 amide bonds. The van der Waals surface area contributed by atoms with E-state index in [-0.39, 0.29) is 5.91 Å². The summed E-state index contributed by atoms with van der Waals surface area (Å²) in [5.41, 5.74) is 5.96. The van der Waals surface area contributed by atoms with Crippen LogP contribution < -0.4 is 5.43 Å². The standard InChI is InChI=1S/C15H16N2O2/c1-10-4-6-13(7-5-10)11(2)16-17-15(18)14-8-9-19-12(14)3/h4-9H,1-3H3,(H,17,18)/b16-11+. The number of carbonyl (C=O) groups excluding carboxylic acids is 1. The quantitative estimate of drug-likeness (QED) is 0.677. The van der Waals surface area contributed by atoms with Gasteiger partial charge in [0.05, 0.1) is 17.5 Å². The molecule has 0 bridgehead atoms. The van der Waals surface area contributed by atoms with E-state index in [1.54, 1.807) is 13.0 Å². The van der Waals surface area contributed by atoms with Crippen molar-refractivity contribution in [1.29, 1.82) is 0 Å². The first-order chi connectivity index (χ1) is 9.08. The Labute approximate surface area is 112 Å². The van der Waals surface area contributed by atoms with Gasteiger partial charge in [-0.1, -0.05) is 29.8 Å². The maximum atomic E-state index is 11.8. The fraction of sp³-hybridized carbons (Fsp3) is 0.200. The molecule has 0 aliphatic carbocycles. The summed E-state index contributed by atoms with van der Waals surface area (Å²) < 4.78 is 5.08. The van der Waals surface area contributed by atoms with Crippen LogP contribution in [0.5, 0.6) is 0 Å². The molecule has 98 valence electrons. The van der Waals surface area contributed by atoms with Crippen LogP contribution in [0.25, 0.3) is 0 Å². The summed E-state index contributed by atoms with van der Waals surface area (Å²) in [5.74, 6) is 0.318. The number of nitrogens with zero attached hydrogens (tertiary/aromatic N) is 1. The number of carbonyl (C=O) groups is 1. The maximum absolute atomic E-state index is 11.8. The Morgan fingerprint density at radius 3 is 2.42 bits per heavy atom. The zero-order chi connectivity index (χ0) is 13.8. The molecule has 0 spiro atoms. The van der Waals surface area contributed by atoms with Gasteiger partial charge < -0.3 is 4.42 Å². The van der Waals surface area contributed by atoms with E-state index in [1.165, 1.54) is 11.8 Å². The van der Waals surface area contributed by atoms with Gasteiger partial charge in [0.1, 0.15) is 5.76 Å². The van der Waals surface area contributed by atoms with Crippen LogP contribution >= 0.6 is 0 Å². The highest BCUT2D eigenvalue weighted by molar-refractivity contribution is 6.01. The molecule has 1 heterocycles. The molecule has 0 aliphatic rings. The van der Waals surface area contributed by atoms with Crippen molar-refractivity contribution < 1.29 is 9.21 Å². The van der Waals surface area contributed by atoms with Crippen LogP contribution in [0.4, 0.5) is 0 Å². The Hall–Kier alpha value is -2.36. The van der Waals surface area contributed by atoms with Crippen molar-refractivity contribution in [3.8, 4) is 0 Å². The molecule has 2 aromatic rings. The second-order valence-corrected chi connectivity index (χ2v) is 4.39. The molecule has 0 saturated heterocycles. The lowest BCUT2D eigenvalue weighted by Gasteiger charge is -2.03. The van der Waals surface area contributed by atoms with Gasteiger partial charge in [0.25, 0.3) is 5.91 Å². The molecule has 2 rings (SSSR count). The second kappa shape index (κ2) is 5.52. The fourth-order valence-electron chi connectivity index (χ4n) is 1.67. The van der Waals surface area contributed by atoms with Gasteiger partial charge in [-0.25, -0.2) is 5.43 Å². The Morgan fingerprint density at radius 1 is 1.16 bits per heavy atom. The van der Waals surface area contributed by atoms with E-state index in [0.717, 1.165) is 11.3 Å². The third-order valence-electron chi connectivity index (χ3n) is 2.90. The van der Waals surface area contributed by atoms with Crippen molar-refractivity contribution in [2.24, 2.45) is 5.10 Å². The fourth-order valence-corrected chi connectivity index (χ4v) is 1.67. The van der Waals surface area contributed by atoms with Gasteiger partial charge in [-0.2, -0.15) is 5.10 Å². The minimum absolute atomic E-state index is 0.266. The summed E-state index contributed by atoms with van der Waals surface area (Å²) in [6, 6.07) is 9.60. The highest BCUT2D eigenvalue weighted by Gasteiger charge is 2.10. The summed E-state index contributed by atoms with van der Waals surface area (Å²) in [5, 5.41) is 4.10. The van der Waals surface area contributed by atoms with Crippen LogP contribution in [0, 0.1) is 13.8 Å². The van der Waals surface area contributed by atoms with Crippen molar-refractivity contribution in [1.82, 2.24) is 5.43 Å². The minimum atomic E-state index is -0.266. The molecular weight excluding hydrogens is 240 g/mol. The second-order valence-electron chi connectivity index (χ2n) is 4.39. The number of hydrogen-bond acceptors (Lipinski definition) is 3. The van der Waals surface area contributed by atoms with E-state index in [2.05, 4.69) is 10.5 Å². The normalized spacial score (nSPS) is 11.4. The zero-order valence-corrected chi connectivity index (χ0v) is 11.2. The summed E-state index contributed by atoms with van der Waals surface area (Å²) in [6.07, 6.45) is 1.49. The van der Waals surface area contributed by atoms with Gasteiger partial charge in [0.15, 0.2) is 0 Å². The first kappa shape index (κ1) is 13.1. The van der Waals surface area contributed by atoms with Crippen molar-refractivity contribution in [3.05, 3.63) is 59.0 Å². The van der Waals surface area contributed by atoms with Crippen molar-refractivity contribution >= 4 is 11.6 Å². The third-order valence-corrected chi connectivity index (χ3v) is 2.90. The first-order valence-corrected chi connectivity index (χ1v) is 6.03. The number of benzene rings is 1. The van der Waals surface area contributed by atoms with E-state index in [1.807, 2.05) is 38.1 Å². The molecule has 4 heteroatoms. The van der Waals surface area contributed by atoms with Crippen LogP contribution in [0.1, 0.15) is 34.2 Å². The van der Waals surface area contributed by atoms with E-state index >= 15 is 0 Å². The molecule has 4 nitrogen and oxygen atoms in total. The number of aryl methyl sites for hydroxylation is 2. The maximum Gasteiger partial charge on any atom is 0.274 e. The molecule has 0 saturated carbocycles. The molecule has 1 aromatic heterocycles. The summed E-state index contributed by atoms with van der Waals surface area (Å²) in [6.45, 7) is 5.62. The topological polar surface area (TPSA) is 54.6 Å². The van der Waals surface area contributed by atoms with Crippen LogP contribution in [0.3, 0.4) is 0 Å². The van der Waals surface area contributed by atoms with Crippen molar-refractivity contribution in [2.45, 2.75) is 20.8 Å². The minimum Gasteiger partial charge on any atom is -0.469 e. The number of furan rings is 1.